The molecule has 1 heterocycles. The van der Waals surface area contributed by atoms with Gasteiger partial charge in [-0.15, -0.1) is 0 Å². The lowest BCUT2D eigenvalue weighted by Gasteiger charge is -2.02. The lowest BCUT2D eigenvalue weighted by molar-refractivity contribution is 0.229. The van der Waals surface area contributed by atoms with Gasteiger partial charge in [-0.25, -0.2) is 4.79 Å². The number of aryl methyl sites for hydroxylation is 1. The van der Waals surface area contributed by atoms with Gasteiger partial charge in [-0.1, -0.05) is 13.0 Å². The van der Waals surface area contributed by atoms with E-state index in [2.05, 4.69) is 11.9 Å². The van der Waals surface area contributed by atoms with E-state index in [1.54, 1.807) is 6.07 Å². The highest BCUT2D eigenvalue weighted by molar-refractivity contribution is 5.77. The van der Waals surface area contributed by atoms with Gasteiger partial charge in [0.15, 0.2) is 0 Å². The number of fused-ring (bicyclic) bond motifs is 1. The molecule has 2 aromatic rings. The maximum Gasteiger partial charge on any atom is 0.397 e. The van der Waals surface area contributed by atoms with Crippen molar-refractivity contribution in [2.75, 3.05) is 6.61 Å². The second-order valence-electron chi connectivity index (χ2n) is 3.41. The van der Waals surface area contributed by atoms with Gasteiger partial charge in [0.05, 0.1) is 17.5 Å². The molecule has 0 spiro atoms. The molecule has 1 aromatic carbocycles. The van der Waals surface area contributed by atoms with E-state index in [0.29, 0.717) is 17.5 Å². The Bertz CT molecular complexity index is 560. The van der Waals surface area contributed by atoms with Crippen molar-refractivity contribution in [2.24, 2.45) is 0 Å². The van der Waals surface area contributed by atoms with Crippen LogP contribution in [0.15, 0.2) is 27.4 Å². The molecule has 1 aromatic heterocycles. The van der Waals surface area contributed by atoms with Gasteiger partial charge in [-0.3, -0.25) is 0 Å². The molecule has 0 unspecified atom stereocenters. The zero-order valence-corrected chi connectivity index (χ0v) is 9.32. The molecule has 0 atom stereocenters. The Morgan fingerprint density at radius 1 is 1.38 bits per heavy atom. The van der Waals surface area contributed by atoms with Crippen LogP contribution in [-0.4, -0.2) is 11.6 Å². The number of rotatable bonds is 3. The summed E-state index contributed by atoms with van der Waals surface area (Å²) >= 11 is 0. The Labute approximate surface area is 92.9 Å². The highest BCUT2D eigenvalue weighted by atomic mass is 16.6. The van der Waals surface area contributed by atoms with Crippen molar-refractivity contribution in [1.29, 1.82) is 0 Å². The average Bonchev–Trinajstić information content (AvgIpc) is 2.28. The Hall–Kier alpha value is -1.84. The number of nitrogens with zero attached hydrogens (tertiary/aromatic N) is 1. The van der Waals surface area contributed by atoms with Gasteiger partial charge in [-0.2, -0.15) is 4.98 Å². The van der Waals surface area contributed by atoms with Crippen LogP contribution in [0.4, 0.5) is 0 Å². The lowest BCUT2D eigenvalue weighted by atomic mass is 10.1. The standard InChI is InChI=1S/C12H13NO3/c1-3-8-5-6-9-10(7-8)13-12(15-4-2)16-11(9)14/h5-7H,3-4H2,1-2H3. The van der Waals surface area contributed by atoms with Crippen molar-refractivity contribution in [3.8, 4) is 6.08 Å². The Morgan fingerprint density at radius 2 is 2.19 bits per heavy atom. The molecule has 0 saturated heterocycles. The van der Waals surface area contributed by atoms with Crippen molar-refractivity contribution in [3.05, 3.63) is 34.2 Å². The molecule has 0 aliphatic carbocycles. The Balaban J connectivity index is 2.63. The number of benzene rings is 1. The first-order valence-electron chi connectivity index (χ1n) is 5.31. The van der Waals surface area contributed by atoms with Crippen molar-refractivity contribution in [3.63, 3.8) is 0 Å². The van der Waals surface area contributed by atoms with E-state index < -0.39 is 5.63 Å². The predicted molar refractivity (Wildman–Crippen MR) is 60.8 cm³/mol. The van der Waals surface area contributed by atoms with Gasteiger partial charge >= 0.3 is 11.7 Å². The average molecular weight is 219 g/mol. The van der Waals surface area contributed by atoms with Gasteiger partial charge in [0.1, 0.15) is 0 Å². The van der Waals surface area contributed by atoms with E-state index in [0.717, 1.165) is 12.0 Å². The molecule has 84 valence electrons. The summed E-state index contributed by atoms with van der Waals surface area (Å²) in [5.41, 5.74) is 1.35. The van der Waals surface area contributed by atoms with Crippen LogP contribution in [0.25, 0.3) is 10.9 Å². The molecule has 0 aliphatic heterocycles. The molecule has 4 nitrogen and oxygen atoms in total. The van der Waals surface area contributed by atoms with Crippen molar-refractivity contribution >= 4 is 10.9 Å². The summed E-state index contributed by atoms with van der Waals surface area (Å²) in [6, 6.07) is 5.53. The van der Waals surface area contributed by atoms with Gasteiger partial charge in [0.2, 0.25) is 0 Å². The van der Waals surface area contributed by atoms with Crippen LogP contribution in [-0.2, 0) is 6.42 Å². The third kappa shape index (κ3) is 1.91. The van der Waals surface area contributed by atoms with E-state index >= 15 is 0 Å². The quantitative estimate of drug-likeness (QED) is 0.793. The topological polar surface area (TPSA) is 52.3 Å². The summed E-state index contributed by atoms with van der Waals surface area (Å²) in [5.74, 6) is 0. The summed E-state index contributed by atoms with van der Waals surface area (Å²) in [6.45, 7) is 4.29. The number of aromatic nitrogens is 1. The number of hydrogen-bond donors (Lipinski definition) is 0. The van der Waals surface area contributed by atoms with Crippen LogP contribution in [0.1, 0.15) is 19.4 Å². The van der Waals surface area contributed by atoms with Crippen LogP contribution >= 0.6 is 0 Å². The molecule has 0 radical (unpaired) electrons. The fraction of sp³-hybridized carbons (Fsp3) is 0.333. The molecule has 0 N–H and O–H groups in total. The molecule has 0 bridgehead atoms. The first-order valence-corrected chi connectivity index (χ1v) is 5.31. The van der Waals surface area contributed by atoms with Gasteiger partial charge < -0.3 is 9.15 Å². The predicted octanol–water partition coefficient (Wildman–Crippen LogP) is 2.15. The van der Waals surface area contributed by atoms with Crippen LogP contribution < -0.4 is 10.4 Å². The summed E-state index contributed by atoms with van der Waals surface area (Å²) in [5, 5.41) is 0.487. The SMILES string of the molecule is CCOc1nc2cc(CC)ccc2c(=O)o1. The monoisotopic (exact) mass is 219 g/mol. The van der Waals surface area contributed by atoms with E-state index in [1.165, 1.54) is 0 Å². The highest BCUT2D eigenvalue weighted by Crippen LogP contribution is 2.14. The van der Waals surface area contributed by atoms with Gasteiger partial charge in [0, 0.05) is 0 Å². The summed E-state index contributed by atoms with van der Waals surface area (Å²) in [4.78, 5) is 15.7. The van der Waals surface area contributed by atoms with Gasteiger partial charge in [0.25, 0.3) is 0 Å². The zero-order chi connectivity index (χ0) is 11.5. The maximum atomic E-state index is 11.6. The fourth-order valence-electron chi connectivity index (χ4n) is 1.50. The molecule has 4 heteroatoms. The van der Waals surface area contributed by atoms with Crippen LogP contribution in [0, 0.1) is 0 Å². The minimum atomic E-state index is -0.406. The number of ether oxygens (including phenoxy) is 1. The van der Waals surface area contributed by atoms with Crippen LogP contribution in [0.3, 0.4) is 0 Å². The van der Waals surface area contributed by atoms with Crippen LogP contribution in [0.2, 0.25) is 0 Å². The highest BCUT2D eigenvalue weighted by Gasteiger charge is 2.06. The van der Waals surface area contributed by atoms with Crippen molar-refractivity contribution in [1.82, 2.24) is 4.98 Å². The second kappa shape index (κ2) is 4.35. The molecule has 0 amide bonds. The van der Waals surface area contributed by atoms with E-state index in [4.69, 9.17) is 9.15 Å². The number of hydrogen-bond acceptors (Lipinski definition) is 4. The minimum absolute atomic E-state index is 0.0354. The minimum Gasteiger partial charge on any atom is -0.450 e. The largest absolute Gasteiger partial charge is 0.450 e. The van der Waals surface area contributed by atoms with E-state index in [1.807, 2.05) is 19.1 Å². The Kier molecular flexibility index (Phi) is 2.90. The molecule has 0 saturated carbocycles. The zero-order valence-electron chi connectivity index (χ0n) is 9.32. The second-order valence-corrected chi connectivity index (χ2v) is 3.41. The summed E-state index contributed by atoms with van der Waals surface area (Å²) in [7, 11) is 0. The molecule has 2 rings (SSSR count). The first-order chi connectivity index (χ1) is 7.74. The van der Waals surface area contributed by atoms with E-state index in [-0.39, 0.29) is 6.08 Å². The van der Waals surface area contributed by atoms with E-state index in [9.17, 15) is 4.79 Å². The molecule has 0 aliphatic rings. The normalized spacial score (nSPS) is 10.6. The maximum absolute atomic E-state index is 11.6. The summed E-state index contributed by atoms with van der Waals surface area (Å²) in [6.07, 6.45) is 0.940. The van der Waals surface area contributed by atoms with Crippen molar-refractivity contribution in [2.45, 2.75) is 20.3 Å². The Morgan fingerprint density at radius 3 is 2.88 bits per heavy atom. The molecular weight excluding hydrogens is 206 g/mol. The molecular formula is C12H13NO3. The van der Waals surface area contributed by atoms with Crippen molar-refractivity contribution < 1.29 is 9.15 Å². The molecule has 16 heavy (non-hydrogen) atoms. The lowest BCUT2D eigenvalue weighted by Crippen LogP contribution is -2.05. The first kappa shape index (κ1) is 10.7. The summed E-state index contributed by atoms with van der Waals surface area (Å²) < 4.78 is 10.0. The fourth-order valence-corrected chi connectivity index (χ4v) is 1.50. The third-order valence-electron chi connectivity index (χ3n) is 2.35. The molecule has 0 fully saturated rings. The van der Waals surface area contributed by atoms with Gasteiger partial charge in [-0.05, 0) is 31.0 Å². The smallest absolute Gasteiger partial charge is 0.397 e. The third-order valence-corrected chi connectivity index (χ3v) is 2.35. The van der Waals surface area contributed by atoms with Crippen LogP contribution in [0.5, 0.6) is 6.08 Å².